The Labute approximate surface area is 142 Å². The number of hydrogen-bond donors (Lipinski definition) is 2. The Morgan fingerprint density at radius 1 is 1.00 bits per heavy atom. The van der Waals surface area contributed by atoms with Crippen molar-refractivity contribution in [3.05, 3.63) is 66.3 Å². The molecule has 0 radical (unpaired) electrons. The maximum atomic E-state index is 9.97. The first kappa shape index (κ1) is 14.5. The second kappa shape index (κ2) is 5.82. The first-order valence-electron chi connectivity index (χ1n) is 7.29. The molecule has 0 atom stereocenters. The first-order chi connectivity index (χ1) is 11.7. The molecule has 0 amide bonds. The molecule has 2 aromatic carbocycles. The lowest BCUT2D eigenvalue weighted by atomic mass is 10.1. The molecule has 0 fully saturated rings. The predicted octanol–water partition coefficient (Wildman–Crippen LogP) is 4.07. The molecule has 0 unspecified atom stereocenters. The van der Waals surface area contributed by atoms with E-state index in [2.05, 4.69) is 10.1 Å². The van der Waals surface area contributed by atoms with E-state index in [1.54, 1.807) is 16.9 Å². The van der Waals surface area contributed by atoms with Crippen molar-refractivity contribution < 1.29 is 10.2 Å². The van der Waals surface area contributed by atoms with Crippen molar-refractivity contribution in [3.8, 4) is 39.0 Å². The number of hydrogen-bond acceptors (Lipinski definition) is 5. The van der Waals surface area contributed by atoms with Gasteiger partial charge in [0, 0.05) is 28.8 Å². The van der Waals surface area contributed by atoms with Crippen LogP contribution < -0.4 is 0 Å². The predicted molar refractivity (Wildman–Crippen MR) is 93.4 cm³/mol. The smallest absolute Gasteiger partial charge is 0.128 e. The number of nitrogens with zero attached hydrogens (tertiary/aromatic N) is 3. The van der Waals surface area contributed by atoms with Crippen molar-refractivity contribution in [2.45, 2.75) is 0 Å². The zero-order valence-electron chi connectivity index (χ0n) is 12.5. The highest BCUT2D eigenvalue weighted by Crippen LogP contribution is 2.35. The number of para-hydroxylation sites is 1. The quantitative estimate of drug-likeness (QED) is 0.592. The summed E-state index contributed by atoms with van der Waals surface area (Å²) in [6.07, 6.45) is 3.70. The van der Waals surface area contributed by atoms with Crippen molar-refractivity contribution in [1.82, 2.24) is 14.8 Å². The van der Waals surface area contributed by atoms with Crippen molar-refractivity contribution in [2.75, 3.05) is 0 Å². The Hall–Kier alpha value is -3.12. The SMILES string of the molecule is Oc1ccc(-c2csc(-c3cnn(-c4ccccc4)c3)n2)c(O)c1. The number of phenolic OH excluding ortho intramolecular Hbond substituents is 2. The monoisotopic (exact) mass is 335 g/mol. The van der Waals surface area contributed by atoms with Gasteiger partial charge in [-0.25, -0.2) is 9.67 Å². The topological polar surface area (TPSA) is 71.2 Å². The molecule has 0 saturated carbocycles. The molecule has 118 valence electrons. The van der Waals surface area contributed by atoms with Crippen molar-refractivity contribution in [3.63, 3.8) is 0 Å². The second-order valence-electron chi connectivity index (χ2n) is 5.25. The molecule has 5 nitrogen and oxygen atoms in total. The summed E-state index contributed by atoms with van der Waals surface area (Å²) in [5.41, 5.74) is 3.15. The number of phenols is 2. The van der Waals surface area contributed by atoms with Gasteiger partial charge >= 0.3 is 0 Å². The Bertz CT molecular complexity index is 992. The van der Waals surface area contributed by atoms with E-state index < -0.39 is 0 Å². The van der Waals surface area contributed by atoms with Crippen LogP contribution in [0.3, 0.4) is 0 Å². The molecule has 24 heavy (non-hydrogen) atoms. The average molecular weight is 335 g/mol. The summed E-state index contributed by atoms with van der Waals surface area (Å²) < 4.78 is 1.80. The van der Waals surface area contributed by atoms with E-state index in [0.717, 1.165) is 16.3 Å². The fourth-order valence-corrected chi connectivity index (χ4v) is 3.22. The van der Waals surface area contributed by atoms with Crippen LogP contribution in [0, 0.1) is 0 Å². The molecular weight excluding hydrogens is 322 g/mol. The average Bonchev–Trinajstić information content (AvgIpc) is 3.25. The van der Waals surface area contributed by atoms with Gasteiger partial charge in [-0.15, -0.1) is 11.3 Å². The summed E-state index contributed by atoms with van der Waals surface area (Å²) in [6, 6.07) is 14.3. The minimum absolute atomic E-state index is 0.00632. The van der Waals surface area contributed by atoms with E-state index in [-0.39, 0.29) is 11.5 Å². The third-order valence-corrected chi connectivity index (χ3v) is 4.50. The number of rotatable bonds is 3. The molecule has 2 heterocycles. The highest BCUT2D eigenvalue weighted by molar-refractivity contribution is 7.13. The van der Waals surface area contributed by atoms with Gasteiger partial charge in [-0.2, -0.15) is 5.10 Å². The highest BCUT2D eigenvalue weighted by Gasteiger charge is 2.12. The van der Waals surface area contributed by atoms with Gasteiger partial charge in [0.1, 0.15) is 16.5 Å². The van der Waals surface area contributed by atoms with E-state index in [1.165, 1.54) is 23.5 Å². The minimum atomic E-state index is 0.00632. The number of aromatic nitrogens is 3. The Balaban J connectivity index is 1.67. The lowest BCUT2D eigenvalue weighted by molar-refractivity contribution is 0.452. The van der Waals surface area contributed by atoms with Gasteiger partial charge in [0.15, 0.2) is 0 Å². The van der Waals surface area contributed by atoms with Crippen LogP contribution in [-0.2, 0) is 0 Å². The third-order valence-electron chi connectivity index (χ3n) is 3.61. The zero-order chi connectivity index (χ0) is 16.5. The molecule has 0 aliphatic heterocycles. The fraction of sp³-hybridized carbons (Fsp3) is 0. The van der Waals surface area contributed by atoms with E-state index in [1.807, 2.05) is 41.9 Å². The van der Waals surface area contributed by atoms with Gasteiger partial charge in [-0.1, -0.05) is 18.2 Å². The summed E-state index contributed by atoms with van der Waals surface area (Å²) in [7, 11) is 0. The van der Waals surface area contributed by atoms with Crippen LogP contribution in [0.15, 0.2) is 66.3 Å². The summed E-state index contributed by atoms with van der Waals surface area (Å²) in [4.78, 5) is 4.57. The van der Waals surface area contributed by atoms with Crippen LogP contribution in [0.4, 0.5) is 0 Å². The molecule has 2 aromatic heterocycles. The van der Waals surface area contributed by atoms with Crippen LogP contribution in [0.5, 0.6) is 11.5 Å². The number of aromatic hydroxyl groups is 2. The maximum Gasteiger partial charge on any atom is 0.128 e. The number of thiazole rings is 1. The van der Waals surface area contributed by atoms with Crippen LogP contribution in [0.1, 0.15) is 0 Å². The first-order valence-corrected chi connectivity index (χ1v) is 8.17. The fourth-order valence-electron chi connectivity index (χ4n) is 2.42. The third kappa shape index (κ3) is 2.63. The summed E-state index contributed by atoms with van der Waals surface area (Å²) in [5, 5.41) is 26.4. The van der Waals surface area contributed by atoms with Gasteiger partial charge in [-0.05, 0) is 24.3 Å². The van der Waals surface area contributed by atoms with Crippen LogP contribution in [-0.4, -0.2) is 25.0 Å². The Kier molecular flexibility index (Phi) is 3.51. The molecular formula is C18H13N3O2S. The maximum absolute atomic E-state index is 9.97. The van der Waals surface area contributed by atoms with E-state index in [0.29, 0.717) is 11.3 Å². The van der Waals surface area contributed by atoms with Crippen molar-refractivity contribution in [1.29, 1.82) is 0 Å². The highest BCUT2D eigenvalue weighted by atomic mass is 32.1. The normalized spacial score (nSPS) is 10.8. The summed E-state index contributed by atoms with van der Waals surface area (Å²) in [6.45, 7) is 0. The molecule has 4 aromatic rings. The zero-order valence-corrected chi connectivity index (χ0v) is 13.3. The largest absolute Gasteiger partial charge is 0.508 e. The number of benzene rings is 2. The van der Waals surface area contributed by atoms with Gasteiger partial charge in [0.25, 0.3) is 0 Å². The lowest BCUT2D eigenvalue weighted by Gasteiger charge is -2.01. The van der Waals surface area contributed by atoms with Gasteiger partial charge in [0.05, 0.1) is 17.6 Å². The van der Waals surface area contributed by atoms with Crippen LogP contribution in [0.25, 0.3) is 27.5 Å². The molecule has 0 spiro atoms. The lowest BCUT2D eigenvalue weighted by Crippen LogP contribution is -1.92. The molecule has 6 heteroatoms. The second-order valence-corrected chi connectivity index (χ2v) is 6.11. The van der Waals surface area contributed by atoms with Crippen molar-refractivity contribution in [2.24, 2.45) is 0 Å². The Morgan fingerprint density at radius 3 is 2.62 bits per heavy atom. The molecule has 2 N–H and O–H groups in total. The molecule has 0 aliphatic rings. The Morgan fingerprint density at radius 2 is 1.83 bits per heavy atom. The van der Waals surface area contributed by atoms with E-state index >= 15 is 0 Å². The summed E-state index contributed by atoms with van der Waals surface area (Å²) in [5.74, 6) is 0.0303. The minimum Gasteiger partial charge on any atom is -0.508 e. The molecule has 0 aliphatic carbocycles. The standard InChI is InChI=1S/C18H13N3O2S/c22-14-6-7-15(17(23)8-14)16-11-24-18(20-16)12-9-19-21(10-12)13-4-2-1-3-5-13/h1-11,22-23H. The van der Waals surface area contributed by atoms with Gasteiger partial charge in [-0.3, -0.25) is 0 Å². The van der Waals surface area contributed by atoms with Crippen LogP contribution >= 0.6 is 11.3 Å². The summed E-state index contributed by atoms with van der Waals surface area (Å²) >= 11 is 1.48. The van der Waals surface area contributed by atoms with Gasteiger partial charge in [0.2, 0.25) is 0 Å². The van der Waals surface area contributed by atoms with Gasteiger partial charge < -0.3 is 10.2 Å². The molecule has 0 bridgehead atoms. The van der Waals surface area contributed by atoms with Crippen molar-refractivity contribution >= 4 is 11.3 Å². The van der Waals surface area contributed by atoms with E-state index in [9.17, 15) is 10.2 Å². The van der Waals surface area contributed by atoms with Crippen LogP contribution in [0.2, 0.25) is 0 Å². The molecule has 4 rings (SSSR count). The molecule has 0 saturated heterocycles. The van der Waals surface area contributed by atoms with E-state index in [4.69, 9.17) is 0 Å².